The summed E-state index contributed by atoms with van der Waals surface area (Å²) in [4.78, 5) is 23.9. The number of rotatable bonds is 7. The summed E-state index contributed by atoms with van der Waals surface area (Å²) >= 11 is 0. The third kappa shape index (κ3) is 5.07. The number of ether oxygens (including phenoxy) is 1. The lowest BCUT2D eigenvalue weighted by Gasteiger charge is -2.16. The number of carbonyl (C=O) groups is 2. The molecule has 144 valence electrons. The van der Waals surface area contributed by atoms with Crippen molar-refractivity contribution in [1.29, 1.82) is 0 Å². The van der Waals surface area contributed by atoms with Crippen LogP contribution in [0.1, 0.15) is 41.5 Å². The van der Waals surface area contributed by atoms with E-state index in [1.165, 1.54) is 49.4 Å². The molecule has 0 saturated carbocycles. The van der Waals surface area contributed by atoms with Gasteiger partial charge in [0, 0.05) is 5.56 Å². The highest BCUT2D eigenvalue weighted by Crippen LogP contribution is 2.28. The molecular weight excluding hydrogens is 370 g/mol. The van der Waals surface area contributed by atoms with Crippen molar-refractivity contribution in [2.24, 2.45) is 0 Å². The van der Waals surface area contributed by atoms with Gasteiger partial charge >= 0.3 is 5.97 Å². The third-order valence-corrected chi connectivity index (χ3v) is 5.41. The van der Waals surface area contributed by atoms with Crippen molar-refractivity contribution in [3.8, 4) is 5.75 Å². The van der Waals surface area contributed by atoms with E-state index in [0.29, 0.717) is 5.75 Å². The van der Waals surface area contributed by atoms with Crippen LogP contribution in [0.15, 0.2) is 47.4 Å². The molecule has 7 nitrogen and oxygen atoms in total. The summed E-state index contributed by atoms with van der Waals surface area (Å²) in [6.07, 6.45) is -0.186. The number of hydrogen-bond donors (Lipinski definition) is 2. The molecule has 0 saturated heterocycles. The second kappa shape index (κ2) is 8.22. The zero-order valence-electron chi connectivity index (χ0n) is 15.2. The quantitative estimate of drug-likeness (QED) is 0.750. The van der Waals surface area contributed by atoms with E-state index in [2.05, 4.69) is 5.32 Å². The molecule has 0 aliphatic rings. The molecule has 0 aliphatic carbocycles. The number of amides is 1. The van der Waals surface area contributed by atoms with Gasteiger partial charge in [0.2, 0.25) is 0 Å². The third-order valence-electron chi connectivity index (χ3n) is 3.67. The van der Waals surface area contributed by atoms with Crippen LogP contribution in [0.3, 0.4) is 0 Å². The van der Waals surface area contributed by atoms with Gasteiger partial charge in [0.15, 0.2) is 9.84 Å². The summed E-state index contributed by atoms with van der Waals surface area (Å²) in [6.45, 7) is 5.13. The Morgan fingerprint density at radius 1 is 1.11 bits per heavy atom. The Labute approximate surface area is 157 Å². The van der Waals surface area contributed by atoms with Gasteiger partial charge in [0.05, 0.1) is 28.0 Å². The van der Waals surface area contributed by atoms with Crippen molar-refractivity contribution < 1.29 is 27.9 Å². The van der Waals surface area contributed by atoms with E-state index in [1.807, 2.05) is 0 Å². The zero-order chi connectivity index (χ0) is 20.2. The van der Waals surface area contributed by atoms with E-state index in [9.17, 15) is 18.0 Å². The van der Waals surface area contributed by atoms with E-state index in [0.717, 1.165) is 0 Å². The fraction of sp³-hybridized carbons (Fsp3) is 0.263. The van der Waals surface area contributed by atoms with E-state index >= 15 is 0 Å². The average molecular weight is 391 g/mol. The smallest absolute Gasteiger partial charge is 0.335 e. The molecule has 2 N–H and O–H groups in total. The summed E-state index contributed by atoms with van der Waals surface area (Å²) in [5, 5.41) is 11.8. The lowest BCUT2D eigenvalue weighted by atomic mass is 10.1. The maximum absolute atomic E-state index is 12.6. The molecule has 1 amide bonds. The summed E-state index contributed by atoms with van der Waals surface area (Å²) in [7, 11) is -3.45. The van der Waals surface area contributed by atoms with Gasteiger partial charge in [-0.25, -0.2) is 13.2 Å². The van der Waals surface area contributed by atoms with Gasteiger partial charge in [-0.2, -0.15) is 0 Å². The molecule has 8 heteroatoms. The molecule has 0 bridgehead atoms. The Morgan fingerprint density at radius 2 is 1.81 bits per heavy atom. The van der Waals surface area contributed by atoms with Gasteiger partial charge in [0.1, 0.15) is 5.75 Å². The topological polar surface area (TPSA) is 110 Å². The first-order valence-electron chi connectivity index (χ1n) is 8.32. The highest BCUT2D eigenvalue weighted by Gasteiger charge is 2.17. The molecule has 0 heterocycles. The summed E-state index contributed by atoms with van der Waals surface area (Å²) in [5.74, 6) is -1.47. The van der Waals surface area contributed by atoms with Crippen LogP contribution in [0.25, 0.3) is 0 Å². The molecular formula is C19H21NO6S. The normalized spacial score (nSPS) is 11.3. The maximum Gasteiger partial charge on any atom is 0.335 e. The minimum absolute atomic E-state index is 0.0104. The lowest BCUT2D eigenvalue weighted by molar-refractivity contribution is 0.0696. The van der Waals surface area contributed by atoms with E-state index < -0.39 is 21.7 Å². The molecule has 0 atom stereocenters. The van der Waals surface area contributed by atoms with E-state index in [4.69, 9.17) is 9.84 Å². The van der Waals surface area contributed by atoms with Crippen LogP contribution in [0, 0.1) is 0 Å². The molecule has 0 aliphatic heterocycles. The molecule has 0 radical (unpaired) electrons. The number of hydrogen-bond acceptors (Lipinski definition) is 5. The van der Waals surface area contributed by atoms with Crippen LogP contribution in [0.4, 0.5) is 5.69 Å². The monoisotopic (exact) mass is 391 g/mol. The Hall–Kier alpha value is -2.87. The number of nitrogens with one attached hydrogen (secondary N) is 1. The van der Waals surface area contributed by atoms with Crippen LogP contribution in [-0.2, 0) is 9.84 Å². The maximum atomic E-state index is 12.6. The van der Waals surface area contributed by atoms with Gasteiger partial charge < -0.3 is 15.2 Å². The van der Waals surface area contributed by atoms with E-state index in [1.54, 1.807) is 13.8 Å². The first-order valence-corrected chi connectivity index (χ1v) is 9.97. The largest absolute Gasteiger partial charge is 0.489 e. The van der Waals surface area contributed by atoms with Gasteiger partial charge in [0.25, 0.3) is 5.91 Å². The van der Waals surface area contributed by atoms with Crippen LogP contribution >= 0.6 is 0 Å². The van der Waals surface area contributed by atoms with Crippen molar-refractivity contribution in [2.45, 2.75) is 31.8 Å². The molecule has 27 heavy (non-hydrogen) atoms. The number of carboxylic acid groups (broad SMARTS) is 1. The fourth-order valence-corrected chi connectivity index (χ4v) is 3.24. The Bertz CT molecular complexity index is 966. The molecule has 2 aromatic carbocycles. The summed E-state index contributed by atoms with van der Waals surface area (Å²) in [6, 6.07) is 9.82. The number of aromatic carboxylic acids is 1. The highest BCUT2D eigenvalue weighted by molar-refractivity contribution is 7.91. The molecule has 2 aromatic rings. The Balaban J connectivity index is 2.38. The molecule has 0 spiro atoms. The highest BCUT2D eigenvalue weighted by atomic mass is 32.2. The summed E-state index contributed by atoms with van der Waals surface area (Å²) < 4.78 is 29.6. The van der Waals surface area contributed by atoms with Crippen molar-refractivity contribution in [3.05, 3.63) is 53.6 Å². The van der Waals surface area contributed by atoms with Crippen LogP contribution in [0.2, 0.25) is 0 Å². The van der Waals surface area contributed by atoms with Crippen molar-refractivity contribution in [2.75, 3.05) is 11.1 Å². The number of carboxylic acids is 1. The van der Waals surface area contributed by atoms with Crippen LogP contribution < -0.4 is 10.1 Å². The Morgan fingerprint density at radius 3 is 2.41 bits per heavy atom. The number of benzene rings is 2. The van der Waals surface area contributed by atoms with Gasteiger partial charge in [-0.05, 0) is 50.2 Å². The molecule has 0 unspecified atom stereocenters. The lowest BCUT2D eigenvalue weighted by Crippen LogP contribution is -2.16. The zero-order valence-corrected chi connectivity index (χ0v) is 16.0. The minimum atomic E-state index is -3.45. The Kier molecular flexibility index (Phi) is 6.22. The van der Waals surface area contributed by atoms with Crippen LogP contribution in [-0.4, -0.2) is 37.3 Å². The fourth-order valence-electron chi connectivity index (χ4n) is 2.31. The average Bonchev–Trinajstić information content (AvgIpc) is 2.62. The first-order chi connectivity index (χ1) is 12.6. The molecule has 0 fully saturated rings. The number of anilines is 1. The predicted octanol–water partition coefficient (Wildman–Crippen LogP) is 3.22. The number of sulfone groups is 1. The number of carbonyl (C=O) groups excluding carboxylic acids is 1. The SMILES string of the molecule is CCS(=O)(=O)c1cccc(C(=O)Nc2cc(C(=O)O)ccc2OC(C)C)c1. The van der Waals surface area contributed by atoms with Gasteiger partial charge in [-0.3, -0.25) is 4.79 Å². The molecule has 0 aromatic heterocycles. The van der Waals surface area contributed by atoms with E-state index in [-0.39, 0.29) is 33.6 Å². The predicted molar refractivity (Wildman–Crippen MR) is 101 cm³/mol. The van der Waals surface area contributed by atoms with Crippen molar-refractivity contribution in [1.82, 2.24) is 0 Å². The molecule has 2 rings (SSSR count). The second-order valence-corrected chi connectivity index (χ2v) is 8.35. The van der Waals surface area contributed by atoms with Crippen LogP contribution in [0.5, 0.6) is 5.75 Å². The standard InChI is InChI=1S/C19H21NO6S/c1-4-27(24,25)15-7-5-6-13(10-15)18(21)20-16-11-14(19(22)23)8-9-17(16)26-12(2)3/h5-12H,4H2,1-3H3,(H,20,21)(H,22,23). The minimum Gasteiger partial charge on any atom is -0.489 e. The first kappa shape index (κ1) is 20.4. The summed E-state index contributed by atoms with van der Waals surface area (Å²) in [5.41, 5.74) is 0.321. The second-order valence-electron chi connectivity index (χ2n) is 6.07. The van der Waals surface area contributed by atoms with Crippen molar-refractivity contribution >= 4 is 27.4 Å². The van der Waals surface area contributed by atoms with Crippen molar-refractivity contribution in [3.63, 3.8) is 0 Å². The van der Waals surface area contributed by atoms with Gasteiger partial charge in [-0.15, -0.1) is 0 Å². The van der Waals surface area contributed by atoms with Gasteiger partial charge in [-0.1, -0.05) is 13.0 Å².